The first kappa shape index (κ1) is 15.3. The molecule has 3 aromatic rings. The molecule has 0 radical (unpaired) electrons. The van der Waals surface area contributed by atoms with Crippen molar-refractivity contribution < 1.29 is 9.84 Å². The van der Waals surface area contributed by atoms with Crippen LogP contribution in [0.1, 0.15) is 13.3 Å². The average molecular weight is 312 g/mol. The van der Waals surface area contributed by atoms with Crippen molar-refractivity contribution in [1.29, 1.82) is 0 Å². The highest BCUT2D eigenvalue weighted by molar-refractivity contribution is 5.60. The van der Waals surface area contributed by atoms with Crippen LogP contribution < -0.4 is 4.74 Å². The van der Waals surface area contributed by atoms with Gasteiger partial charge in [0.05, 0.1) is 18.5 Å². The number of nitrogens with zero attached hydrogens (tertiary/aromatic N) is 4. The molecule has 0 atom stereocenters. The molecule has 6 heteroatoms. The van der Waals surface area contributed by atoms with Crippen LogP contribution >= 0.6 is 0 Å². The Kier molecular flexibility index (Phi) is 4.73. The van der Waals surface area contributed by atoms with E-state index in [1.807, 2.05) is 52.1 Å². The molecule has 1 aromatic carbocycles. The third-order valence-electron chi connectivity index (χ3n) is 3.44. The van der Waals surface area contributed by atoms with E-state index in [1.54, 1.807) is 6.20 Å². The summed E-state index contributed by atoms with van der Waals surface area (Å²) >= 11 is 0. The molecule has 2 aromatic heterocycles. The molecule has 0 fully saturated rings. The molecule has 0 aliphatic rings. The van der Waals surface area contributed by atoms with Gasteiger partial charge < -0.3 is 9.84 Å². The van der Waals surface area contributed by atoms with Crippen molar-refractivity contribution in [2.24, 2.45) is 0 Å². The summed E-state index contributed by atoms with van der Waals surface area (Å²) in [6.07, 6.45) is 8.59. The van der Waals surface area contributed by atoms with Crippen molar-refractivity contribution in [3.8, 4) is 22.8 Å². The number of aliphatic hydroxyl groups excluding tert-OH is 1. The van der Waals surface area contributed by atoms with E-state index < -0.39 is 0 Å². The Bertz CT molecular complexity index is 763. The largest absolute Gasteiger partial charge is 0.491 e. The number of aliphatic hydroxyl groups is 1. The highest BCUT2D eigenvalue weighted by Gasteiger charge is 2.10. The highest BCUT2D eigenvalue weighted by Crippen LogP contribution is 2.25. The van der Waals surface area contributed by atoms with E-state index in [1.165, 1.54) is 0 Å². The number of benzene rings is 1. The van der Waals surface area contributed by atoms with Gasteiger partial charge in [-0.3, -0.25) is 9.25 Å². The maximum atomic E-state index is 8.87. The van der Waals surface area contributed by atoms with Gasteiger partial charge in [0.25, 0.3) is 0 Å². The Morgan fingerprint density at radius 2 is 2.22 bits per heavy atom. The molecule has 6 nitrogen and oxygen atoms in total. The lowest BCUT2D eigenvalue weighted by atomic mass is 10.2. The maximum Gasteiger partial charge on any atom is 0.144 e. The molecule has 2 heterocycles. The van der Waals surface area contributed by atoms with Crippen LogP contribution in [0.3, 0.4) is 0 Å². The maximum absolute atomic E-state index is 8.87. The first-order valence-corrected chi connectivity index (χ1v) is 7.72. The lowest BCUT2D eigenvalue weighted by molar-refractivity contribution is 0.201. The number of hydrogen-bond acceptors (Lipinski definition) is 4. The van der Waals surface area contributed by atoms with Gasteiger partial charge in [-0.2, -0.15) is 5.10 Å². The quantitative estimate of drug-likeness (QED) is 0.728. The molecular weight excluding hydrogens is 292 g/mol. The first-order chi connectivity index (χ1) is 11.3. The van der Waals surface area contributed by atoms with Crippen LogP contribution in [0.5, 0.6) is 5.75 Å². The molecule has 0 amide bonds. The third kappa shape index (κ3) is 3.43. The predicted molar refractivity (Wildman–Crippen MR) is 87.7 cm³/mol. The standard InChI is InChI=1S/C17H20N4O2/c1-2-7-20-13-15(12-19-20)21-8-6-18-17(21)14-4-3-5-16(11-14)23-10-9-22/h3-6,8,11-13,22H,2,7,9-10H2,1H3. The summed E-state index contributed by atoms with van der Waals surface area (Å²) in [5.41, 5.74) is 1.93. The molecule has 0 bridgehead atoms. The minimum atomic E-state index is -0.00450. The third-order valence-corrected chi connectivity index (χ3v) is 3.44. The van der Waals surface area contributed by atoms with Gasteiger partial charge in [-0.15, -0.1) is 0 Å². The van der Waals surface area contributed by atoms with E-state index in [0.717, 1.165) is 30.0 Å². The van der Waals surface area contributed by atoms with E-state index in [4.69, 9.17) is 9.84 Å². The zero-order valence-corrected chi connectivity index (χ0v) is 13.1. The summed E-state index contributed by atoms with van der Waals surface area (Å²) in [6.45, 7) is 3.30. The smallest absolute Gasteiger partial charge is 0.144 e. The SMILES string of the molecule is CCCn1cc(-n2ccnc2-c2cccc(OCCO)c2)cn1. The zero-order valence-electron chi connectivity index (χ0n) is 13.1. The molecule has 0 saturated heterocycles. The van der Waals surface area contributed by atoms with Crippen molar-refractivity contribution in [3.05, 3.63) is 49.1 Å². The summed E-state index contributed by atoms with van der Waals surface area (Å²) < 4.78 is 9.41. The first-order valence-electron chi connectivity index (χ1n) is 7.72. The zero-order chi connectivity index (χ0) is 16.1. The monoisotopic (exact) mass is 312 g/mol. The fraction of sp³-hybridized carbons (Fsp3) is 0.294. The Balaban J connectivity index is 1.91. The van der Waals surface area contributed by atoms with E-state index in [2.05, 4.69) is 17.0 Å². The highest BCUT2D eigenvalue weighted by atomic mass is 16.5. The van der Waals surface area contributed by atoms with Crippen LogP contribution in [0.4, 0.5) is 0 Å². The van der Waals surface area contributed by atoms with Gasteiger partial charge in [-0.25, -0.2) is 4.98 Å². The summed E-state index contributed by atoms with van der Waals surface area (Å²) in [4.78, 5) is 4.46. The Morgan fingerprint density at radius 3 is 3.04 bits per heavy atom. The van der Waals surface area contributed by atoms with Crippen LogP contribution in [-0.2, 0) is 6.54 Å². The molecule has 0 aliphatic heterocycles. The lowest BCUT2D eigenvalue weighted by Gasteiger charge is -2.08. The average Bonchev–Trinajstić information content (AvgIpc) is 3.22. The number of aryl methyl sites for hydroxylation is 1. The van der Waals surface area contributed by atoms with Crippen LogP contribution in [0.15, 0.2) is 49.1 Å². The Hall–Kier alpha value is -2.60. The number of hydrogen-bond donors (Lipinski definition) is 1. The van der Waals surface area contributed by atoms with Crippen molar-refractivity contribution in [1.82, 2.24) is 19.3 Å². The molecule has 1 N–H and O–H groups in total. The van der Waals surface area contributed by atoms with Crippen LogP contribution in [-0.4, -0.2) is 37.7 Å². The number of aromatic nitrogens is 4. The van der Waals surface area contributed by atoms with Crippen LogP contribution in [0.25, 0.3) is 17.1 Å². The number of rotatable bonds is 7. The van der Waals surface area contributed by atoms with Crippen molar-refractivity contribution >= 4 is 0 Å². The topological polar surface area (TPSA) is 65.1 Å². The van der Waals surface area contributed by atoms with E-state index >= 15 is 0 Å². The minimum Gasteiger partial charge on any atom is -0.491 e. The summed E-state index contributed by atoms with van der Waals surface area (Å²) in [5.74, 6) is 1.54. The van der Waals surface area contributed by atoms with Crippen LogP contribution in [0, 0.1) is 0 Å². The van der Waals surface area contributed by atoms with E-state index in [9.17, 15) is 0 Å². The predicted octanol–water partition coefficient (Wildman–Crippen LogP) is 2.52. The van der Waals surface area contributed by atoms with Gasteiger partial charge in [0.2, 0.25) is 0 Å². The second-order valence-corrected chi connectivity index (χ2v) is 5.18. The second kappa shape index (κ2) is 7.11. The molecule has 0 aliphatic carbocycles. The van der Waals surface area contributed by atoms with Gasteiger partial charge in [0, 0.05) is 30.7 Å². The fourth-order valence-electron chi connectivity index (χ4n) is 2.44. The van der Waals surface area contributed by atoms with Gasteiger partial charge >= 0.3 is 0 Å². The van der Waals surface area contributed by atoms with Crippen molar-refractivity contribution in [3.63, 3.8) is 0 Å². The molecule has 0 spiro atoms. The second-order valence-electron chi connectivity index (χ2n) is 5.18. The molecular formula is C17H20N4O2. The minimum absolute atomic E-state index is 0.00450. The molecule has 3 rings (SSSR count). The molecule has 23 heavy (non-hydrogen) atoms. The lowest BCUT2D eigenvalue weighted by Crippen LogP contribution is -2.02. The van der Waals surface area contributed by atoms with Gasteiger partial charge in [0.1, 0.15) is 18.2 Å². The summed E-state index contributed by atoms with van der Waals surface area (Å²) in [6, 6.07) is 7.69. The number of ether oxygens (including phenoxy) is 1. The molecule has 120 valence electrons. The van der Waals surface area contributed by atoms with Gasteiger partial charge in [0.15, 0.2) is 0 Å². The van der Waals surface area contributed by atoms with Crippen LogP contribution in [0.2, 0.25) is 0 Å². The fourth-order valence-corrected chi connectivity index (χ4v) is 2.44. The molecule has 0 saturated carbocycles. The number of imidazole rings is 1. The van der Waals surface area contributed by atoms with Gasteiger partial charge in [-0.1, -0.05) is 19.1 Å². The van der Waals surface area contributed by atoms with Crippen molar-refractivity contribution in [2.75, 3.05) is 13.2 Å². The Morgan fingerprint density at radius 1 is 1.30 bits per heavy atom. The van der Waals surface area contributed by atoms with E-state index in [-0.39, 0.29) is 13.2 Å². The summed E-state index contributed by atoms with van der Waals surface area (Å²) in [7, 11) is 0. The Labute approximate surface area is 135 Å². The normalized spacial score (nSPS) is 10.9. The molecule has 0 unspecified atom stereocenters. The van der Waals surface area contributed by atoms with Gasteiger partial charge in [-0.05, 0) is 18.6 Å². The summed E-state index contributed by atoms with van der Waals surface area (Å²) in [5, 5.41) is 13.2. The van der Waals surface area contributed by atoms with Crippen molar-refractivity contribution in [2.45, 2.75) is 19.9 Å². The van der Waals surface area contributed by atoms with E-state index in [0.29, 0.717) is 5.75 Å².